The van der Waals surface area contributed by atoms with Gasteiger partial charge < -0.3 is 10.1 Å². The molecule has 1 aliphatic carbocycles. The fraction of sp³-hybridized carbons (Fsp3) is 0.0270. The summed E-state index contributed by atoms with van der Waals surface area (Å²) in [5.74, 6) is 1.81. The highest BCUT2D eigenvalue weighted by atomic mass is 32.1. The van der Waals surface area contributed by atoms with E-state index in [9.17, 15) is 0 Å². The van der Waals surface area contributed by atoms with E-state index in [-0.39, 0.29) is 0 Å². The van der Waals surface area contributed by atoms with E-state index in [1.165, 1.54) is 48.0 Å². The molecule has 0 saturated carbocycles. The van der Waals surface area contributed by atoms with E-state index in [0.29, 0.717) is 0 Å². The van der Waals surface area contributed by atoms with Crippen LogP contribution >= 0.6 is 11.3 Å². The number of rotatable bonds is 2. The smallest absolute Gasteiger partial charge is 0.132 e. The molecule has 1 spiro atoms. The van der Waals surface area contributed by atoms with Crippen LogP contribution in [0, 0.1) is 0 Å². The first kappa shape index (κ1) is 22.0. The van der Waals surface area contributed by atoms with Crippen LogP contribution in [0.5, 0.6) is 11.5 Å². The first-order valence-corrected chi connectivity index (χ1v) is 14.4. The van der Waals surface area contributed by atoms with E-state index in [0.717, 1.165) is 28.4 Å². The predicted molar refractivity (Wildman–Crippen MR) is 166 cm³/mol. The third-order valence-electron chi connectivity index (χ3n) is 8.51. The fourth-order valence-corrected chi connectivity index (χ4v) is 8.05. The lowest BCUT2D eigenvalue weighted by atomic mass is 9.66. The van der Waals surface area contributed by atoms with Gasteiger partial charge in [0, 0.05) is 42.7 Å². The molecule has 188 valence electrons. The lowest BCUT2D eigenvalue weighted by Gasteiger charge is -2.39. The predicted octanol–water partition coefficient (Wildman–Crippen LogP) is 10.3. The van der Waals surface area contributed by atoms with Crippen molar-refractivity contribution in [3.63, 3.8) is 0 Å². The van der Waals surface area contributed by atoms with Crippen molar-refractivity contribution in [2.75, 3.05) is 5.32 Å². The van der Waals surface area contributed by atoms with Crippen LogP contribution in [-0.2, 0) is 5.41 Å². The van der Waals surface area contributed by atoms with Crippen LogP contribution in [0.4, 0.5) is 11.4 Å². The molecule has 9 rings (SSSR count). The van der Waals surface area contributed by atoms with Crippen molar-refractivity contribution < 1.29 is 4.74 Å². The molecule has 7 aromatic rings. The molecule has 40 heavy (non-hydrogen) atoms. The van der Waals surface area contributed by atoms with Crippen LogP contribution in [-0.4, -0.2) is 0 Å². The summed E-state index contributed by atoms with van der Waals surface area (Å²) in [6, 6.07) is 48.0. The van der Waals surface area contributed by atoms with Crippen molar-refractivity contribution in [1.82, 2.24) is 0 Å². The maximum atomic E-state index is 6.56. The van der Waals surface area contributed by atoms with E-state index >= 15 is 0 Å². The number of hydrogen-bond acceptors (Lipinski definition) is 3. The molecule has 0 saturated heterocycles. The summed E-state index contributed by atoms with van der Waals surface area (Å²) >= 11 is 1.84. The van der Waals surface area contributed by atoms with Crippen molar-refractivity contribution in [2.24, 2.45) is 0 Å². The Morgan fingerprint density at radius 3 is 1.90 bits per heavy atom. The van der Waals surface area contributed by atoms with Crippen LogP contribution in [0.15, 0.2) is 133 Å². The summed E-state index contributed by atoms with van der Waals surface area (Å²) in [7, 11) is 0. The first-order valence-electron chi connectivity index (χ1n) is 13.6. The number of thiophene rings is 1. The number of anilines is 2. The summed E-state index contributed by atoms with van der Waals surface area (Å²) in [6.45, 7) is 0. The van der Waals surface area contributed by atoms with Gasteiger partial charge in [0.15, 0.2) is 0 Å². The molecule has 0 unspecified atom stereocenters. The number of hydrogen-bond donors (Lipinski definition) is 1. The molecule has 1 N–H and O–H groups in total. The maximum absolute atomic E-state index is 6.56. The van der Waals surface area contributed by atoms with E-state index in [4.69, 9.17) is 4.74 Å². The molecule has 0 atom stereocenters. The molecule has 1 aromatic heterocycles. The quantitative estimate of drug-likeness (QED) is 0.240. The van der Waals surface area contributed by atoms with Crippen molar-refractivity contribution in [1.29, 1.82) is 0 Å². The maximum Gasteiger partial charge on any atom is 0.132 e. The Balaban J connectivity index is 1.25. The number of ether oxygens (including phenoxy) is 1. The Kier molecular flexibility index (Phi) is 4.44. The van der Waals surface area contributed by atoms with E-state index in [2.05, 4.69) is 139 Å². The summed E-state index contributed by atoms with van der Waals surface area (Å²) in [6.07, 6.45) is 0. The Morgan fingerprint density at radius 1 is 0.475 bits per heavy atom. The normalized spacial score (nSPS) is 13.9. The van der Waals surface area contributed by atoms with E-state index in [1.54, 1.807) is 0 Å². The third kappa shape index (κ3) is 2.87. The van der Waals surface area contributed by atoms with Crippen LogP contribution < -0.4 is 10.1 Å². The molecule has 2 aliphatic rings. The zero-order chi connectivity index (χ0) is 26.3. The number of fused-ring (bicyclic) bond motifs is 12. The Morgan fingerprint density at radius 2 is 1.07 bits per heavy atom. The Bertz CT molecular complexity index is 2090. The van der Waals surface area contributed by atoms with Gasteiger partial charge in [-0.3, -0.25) is 0 Å². The zero-order valence-electron chi connectivity index (χ0n) is 21.5. The SMILES string of the molecule is c1ccc2c(c1)Oc1ccc(Nc3ccc4c(c3)sc3ccccc34)cc1C21c2ccccc2-c2ccccc21. The molecule has 0 fully saturated rings. The summed E-state index contributed by atoms with van der Waals surface area (Å²) in [4.78, 5) is 0. The molecule has 0 radical (unpaired) electrons. The van der Waals surface area contributed by atoms with Crippen LogP contribution in [0.25, 0.3) is 31.3 Å². The molecule has 1 aliphatic heterocycles. The number of nitrogens with one attached hydrogen (secondary N) is 1. The summed E-state index contributed by atoms with van der Waals surface area (Å²) in [5, 5.41) is 6.34. The largest absolute Gasteiger partial charge is 0.457 e. The topological polar surface area (TPSA) is 21.3 Å². The van der Waals surface area contributed by atoms with Gasteiger partial charge in [0.1, 0.15) is 11.5 Å². The van der Waals surface area contributed by atoms with E-state index in [1.807, 2.05) is 11.3 Å². The first-order chi connectivity index (χ1) is 19.8. The second-order valence-electron chi connectivity index (χ2n) is 10.6. The summed E-state index contributed by atoms with van der Waals surface area (Å²) in [5.41, 5.74) is 9.20. The molecule has 0 bridgehead atoms. The standard InChI is InChI=1S/C37H23NOS/c1-4-12-29-25(9-1)26-10-2-5-13-30(26)37(29)31-14-6-7-15-33(31)39-34-20-18-23(21-32(34)37)38-24-17-19-28-27-11-3-8-16-35(27)40-36(28)22-24/h1-22,38H. The molecule has 2 heterocycles. The van der Waals surface area contributed by atoms with Crippen LogP contribution in [0.3, 0.4) is 0 Å². The summed E-state index contributed by atoms with van der Waals surface area (Å²) < 4.78 is 9.17. The second-order valence-corrected chi connectivity index (χ2v) is 11.7. The van der Waals surface area contributed by atoms with Gasteiger partial charge in [0.25, 0.3) is 0 Å². The van der Waals surface area contributed by atoms with Crippen molar-refractivity contribution >= 4 is 42.9 Å². The van der Waals surface area contributed by atoms with Crippen LogP contribution in [0.2, 0.25) is 0 Å². The van der Waals surface area contributed by atoms with Gasteiger partial charge >= 0.3 is 0 Å². The van der Waals surface area contributed by atoms with Crippen molar-refractivity contribution in [3.8, 4) is 22.6 Å². The van der Waals surface area contributed by atoms with Crippen molar-refractivity contribution in [3.05, 3.63) is 156 Å². The molecular formula is C37H23NOS. The van der Waals surface area contributed by atoms with Gasteiger partial charge in [0.05, 0.1) is 5.41 Å². The van der Waals surface area contributed by atoms with Gasteiger partial charge in [0.2, 0.25) is 0 Å². The van der Waals surface area contributed by atoms with E-state index < -0.39 is 5.41 Å². The van der Waals surface area contributed by atoms with Gasteiger partial charge in [-0.25, -0.2) is 0 Å². The molecule has 3 heteroatoms. The van der Waals surface area contributed by atoms with Gasteiger partial charge in [-0.1, -0.05) is 91.0 Å². The molecule has 0 amide bonds. The molecule has 6 aromatic carbocycles. The average Bonchev–Trinajstić information content (AvgIpc) is 3.52. The second kappa shape index (κ2) is 8.08. The lowest BCUT2D eigenvalue weighted by Crippen LogP contribution is -2.32. The highest BCUT2D eigenvalue weighted by Gasteiger charge is 2.50. The minimum atomic E-state index is -0.454. The molecule has 2 nitrogen and oxygen atoms in total. The van der Waals surface area contributed by atoms with Crippen molar-refractivity contribution in [2.45, 2.75) is 5.41 Å². The highest BCUT2D eigenvalue weighted by molar-refractivity contribution is 7.25. The highest BCUT2D eigenvalue weighted by Crippen LogP contribution is 2.62. The van der Waals surface area contributed by atoms with Crippen LogP contribution in [0.1, 0.15) is 22.3 Å². The third-order valence-corrected chi connectivity index (χ3v) is 9.65. The molecular weight excluding hydrogens is 506 g/mol. The lowest BCUT2D eigenvalue weighted by molar-refractivity contribution is 0.436. The minimum Gasteiger partial charge on any atom is -0.457 e. The fourth-order valence-electron chi connectivity index (χ4n) is 6.90. The van der Waals surface area contributed by atoms with Gasteiger partial charge in [-0.05, 0) is 64.7 Å². The monoisotopic (exact) mass is 529 g/mol. The Hall–Kier alpha value is -4.86. The zero-order valence-corrected chi connectivity index (χ0v) is 22.3. The van der Waals surface area contributed by atoms with Gasteiger partial charge in [-0.15, -0.1) is 11.3 Å². The minimum absolute atomic E-state index is 0.454. The average molecular weight is 530 g/mol. The number of benzene rings is 6. The Labute approximate surface area is 236 Å². The number of para-hydroxylation sites is 1. The van der Waals surface area contributed by atoms with Gasteiger partial charge in [-0.2, -0.15) is 0 Å².